The number of thiazole rings is 1. The van der Waals surface area contributed by atoms with E-state index in [-0.39, 0.29) is 10.2 Å². The van der Waals surface area contributed by atoms with Gasteiger partial charge >= 0.3 is 0 Å². The molecule has 0 aromatic carbocycles. The average molecular weight is 325 g/mol. The molecule has 21 heavy (non-hydrogen) atoms. The van der Waals surface area contributed by atoms with Gasteiger partial charge in [-0.05, 0) is 18.2 Å². The summed E-state index contributed by atoms with van der Waals surface area (Å²) in [4.78, 5) is 4.18. The fourth-order valence-corrected chi connectivity index (χ4v) is 3.48. The molecule has 8 nitrogen and oxygen atoms in total. The van der Waals surface area contributed by atoms with E-state index in [9.17, 15) is 8.42 Å². The van der Waals surface area contributed by atoms with Crippen LogP contribution in [0.3, 0.4) is 0 Å². The van der Waals surface area contributed by atoms with E-state index in [1.165, 1.54) is 12.3 Å². The molecule has 3 rings (SSSR count). The molecule has 0 aliphatic carbocycles. The molecule has 0 radical (unpaired) electrons. The third kappa shape index (κ3) is 2.82. The first-order chi connectivity index (χ1) is 10.1. The number of sulfonamides is 1. The van der Waals surface area contributed by atoms with Gasteiger partial charge < -0.3 is 10.2 Å². The molecule has 0 aliphatic rings. The third-order valence-corrected chi connectivity index (χ3v) is 4.76. The van der Waals surface area contributed by atoms with Crippen molar-refractivity contribution in [3.05, 3.63) is 35.5 Å². The van der Waals surface area contributed by atoms with Crippen LogP contribution < -0.4 is 10.5 Å². The highest BCUT2D eigenvalue weighted by Crippen LogP contribution is 2.27. The van der Waals surface area contributed by atoms with Crippen LogP contribution in [-0.2, 0) is 16.6 Å². The Balaban J connectivity index is 1.82. The average Bonchev–Trinajstić information content (AvgIpc) is 3.19. The van der Waals surface area contributed by atoms with Gasteiger partial charge in [-0.1, -0.05) is 0 Å². The topological polar surface area (TPSA) is 127 Å². The predicted molar refractivity (Wildman–Crippen MR) is 77.1 cm³/mol. The Labute approximate surface area is 124 Å². The number of aromatic amines is 1. The van der Waals surface area contributed by atoms with Crippen LogP contribution in [0.5, 0.6) is 0 Å². The number of H-pyrrole nitrogens is 1. The molecule has 0 amide bonds. The maximum absolute atomic E-state index is 12.0. The molecule has 3 heterocycles. The van der Waals surface area contributed by atoms with Gasteiger partial charge in [-0.2, -0.15) is 13.5 Å². The van der Waals surface area contributed by atoms with Crippen LogP contribution >= 0.6 is 11.3 Å². The van der Waals surface area contributed by atoms with Crippen LogP contribution in [0.15, 0.2) is 39.2 Å². The van der Waals surface area contributed by atoms with Crippen molar-refractivity contribution in [1.82, 2.24) is 15.2 Å². The Hall–Kier alpha value is -2.17. The van der Waals surface area contributed by atoms with Crippen LogP contribution in [0.1, 0.15) is 5.76 Å². The van der Waals surface area contributed by atoms with Gasteiger partial charge in [-0.3, -0.25) is 9.82 Å². The number of anilines is 1. The monoisotopic (exact) mass is 325 g/mol. The molecule has 3 aromatic rings. The Bertz CT molecular complexity index is 835. The SMILES string of the molecule is NCc1ccc(-c2csc(NS(=O)(=O)c3ccn[nH]3)n2)o1. The highest BCUT2D eigenvalue weighted by Gasteiger charge is 2.18. The van der Waals surface area contributed by atoms with Gasteiger partial charge in [0.05, 0.1) is 12.7 Å². The van der Waals surface area contributed by atoms with Crippen molar-refractivity contribution in [2.45, 2.75) is 11.6 Å². The fourth-order valence-electron chi connectivity index (χ4n) is 1.62. The van der Waals surface area contributed by atoms with Gasteiger partial charge in [-0.25, -0.2) is 4.98 Å². The standard InChI is InChI=1S/C11H11N5O3S2/c12-5-7-1-2-9(19-7)8-6-20-11(14-8)16-21(17,18)10-3-4-13-15-10/h1-4,6H,5,12H2,(H,13,15)(H,14,16). The molecule has 0 atom stereocenters. The highest BCUT2D eigenvalue weighted by molar-refractivity contribution is 7.92. The minimum absolute atomic E-state index is 0.0253. The van der Waals surface area contributed by atoms with E-state index >= 15 is 0 Å². The van der Waals surface area contributed by atoms with E-state index in [1.807, 2.05) is 0 Å². The molecule has 0 saturated heterocycles. The quantitative estimate of drug-likeness (QED) is 0.650. The van der Waals surface area contributed by atoms with Crippen LogP contribution in [0.25, 0.3) is 11.5 Å². The lowest BCUT2D eigenvalue weighted by Crippen LogP contribution is -2.13. The number of hydrogen-bond acceptors (Lipinski definition) is 7. The molecule has 0 spiro atoms. The van der Waals surface area contributed by atoms with Crippen LogP contribution in [-0.4, -0.2) is 23.6 Å². The molecule has 10 heteroatoms. The largest absolute Gasteiger partial charge is 0.458 e. The molecular weight excluding hydrogens is 314 g/mol. The first-order valence-corrected chi connectivity index (χ1v) is 8.21. The number of hydrogen-bond donors (Lipinski definition) is 3. The van der Waals surface area contributed by atoms with Crippen LogP contribution in [0.4, 0.5) is 5.13 Å². The summed E-state index contributed by atoms with van der Waals surface area (Å²) >= 11 is 1.16. The molecule has 0 unspecified atom stereocenters. The Morgan fingerprint density at radius 1 is 1.38 bits per heavy atom. The third-order valence-electron chi connectivity index (χ3n) is 2.61. The molecule has 4 N–H and O–H groups in total. The van der Waals surface area contributed by atoms with E-state index in [2.05, 4.69) is 19.9 Å². The number of nitrogens with zero attached hydrogens (tertiary/aromatic N) is 2. The lowest BCUT2D eigenvalue weighted by atomic mass is 10.3. The smallest absolute Gasteiger partial charge is 0.280 e. The molecule has 0 bridgehead atoms. The van der Waals surface area contributed by atoms with Crippen molar-refractivity contribution in [2.75, 3.05) is 4.72 Å². The summed E-state index contributed by atoms with van der Waals surface area (Å²) in [6, 6.07) is 4.85. The summed E-state index contributed by atoms with van der Waals surface area (Å²) in [5.74, 6) is 1.18. The number of aromatic nitrogens is 3. The summed E-state index contributed by atoms with van der Waals surface area (Å²) < 4.78 is 31.8. The van der Waals surface area contributed by atoms with E-state index in [0.29, 0.717) is 23.8 Å². The predicted octanol–water partition coefficient (Wildman–Crippen LogP) is 1.39. The Morgan fingerprint density at radius 2 is 2.24 bits per heavy atom. The zero-order valence-electron chi connectivity index (χ0n) is 10.6. The van der Waals surface area contributed by atoms with E-state index in [4.69, 9.17) is 10.2 Å². The lowest BCUT2D eigenvalue weighted by Gasteiger charge is -2.01. The van der Waals surface area contributed by atoms with Crippen molar-refractivity contribution in [3.8, 4) is 11.5 Å². The number of nitrogens with one attached hydrogen (secondary N) is 2. The zero-order valence-corrected chi connectivity index (χ0v) is 12.2. The lowest BCUT2D eigenvalue weighted by molar-refractivity contribution is 0.524. The van der Waals surface area contributed by atoms with Crippen molar-refractivity contribution in [1.29, 1.82) is 0 Å². The second-order valence-corrected chi connectivity index (χ2v) is 6.54. The molecule has 3 aromatic heterocycles. The van der Waals surface area contributed by atoms with Gasteiger partial charge in [0.25, 0.3) is 10.0 Å². The van der Waals surface area contributed by atoms with E-state index in [1.54, 1.807) is 17.5 Å². The van der Waals surface area contributed by atoms with Crippen LogP contribution in [0.2, 0.25) is 0 Å². The van der Waals surface area contributed by atoms with Crippen LogP contribution in [0, 0.1) is 0 Å². The van der Waals surface area contributed by atoms with E-state index in [0.717, 1.165) is 11.3 Å². The maximum atomic E-state index is 12.0. The van der Waals surface area contributed by atoms with Crippen molar-refractivity contribution in [2.24, 2.45) is 5.73 Å². The van der Waals surface area contributed by atoms with Crippen molar-refractivity contribution >= 4 is 26.5 Å². The first kappa shape index (κ1) is 13.8. The zero-order chi connectivity index (χ0) is 14.9. The molecule has 0 aliphatic heterocycles. The molecular formula is C11H11N5O3S2. The molecule has 0 saturated carbocycles. The summed E-state index contributed by atoms with van der Waals surface area (Å²) in [5.41, 5.74) is 6.01. The van der Waals surface area contributed by atoms with E-state index < -0.39 is 10.0 Å². The Kier molecular flexibility index (Phi) is 3.49. The van der Waals surface area contributed by atoms with Crippen molar-refractivity contribution in [3.63, 3.8) is 0 Å². The summed E-state index contributed by atoms with van der Waals surface area (Å²) in [6.45, 7) is 0.295. The van der Waals surface area contributed by atoms with Gasteiger partial charge in [0.1, 0.15) is 11.5 Å². The number of nitrogens with two attached hydrogens (primary N) is 1. The van der Waals surface area contributed by atoms with Gasteiger partial charge in [0.15, 0.2) is 15.9 Å². The Morgan fingerprint density at radius 3 is 2.90 bits per heavy atom. The minimum atomic E-state index is -3.71. The highest BCUT2D eigenvalue weighted by atomic mass is 32.2. The van der Waals surface area contributed by atoms with Gasteiger partial charge in [0, 0.05) is 5.38 Å². The maximum Gasteiger partial charge on any atom is 0.280 e. The normalized spacial score (nSPS) is 11.7. The second kappa shape index (κ2) is 5.31. The summed E-state index contributed by atoms with van der Waals surface area (Å²) in [7, 11) is -3.71. The second-order valence-electron chi connectivity index (χ2n) is 4.03. The summed E-state index contributed by atoms with van der Waals surface area (Å²) in [6.07, 6.45) is 1.36. The van der Waals surface area contributed by atoms with Gasteiger partial charge in [-0.15, -0.1) is 11.3 Å². The fraction of sp³-hybridized carbons (Fsp3) is 0.0909. The molecule has 110 valence electrons. The van der Waals surface area contributed by atoms with Crippen molar-refractivity contribution < 1.29 is 12.8 Å². The number of furan rings is 1. The minimum Gasteiger partial charge on any atom is -0.458 e. The molecule has 0 fully saturated rings. The first-order valence-electron chi connectivity index (χ1n) is 5.85. The summed E-state index contributed by atoms with van der Waals surface area (Å²) in [5, 5.41) is 7.91. The van der Waals surface area contributed by atoms with Gasteiger partial charge in [0.2, 0.25) is 0 Å². The number of rotatable bonds is 5.